The second-order valence-corrected chi connectivity index (χ2v) is 6.90. The molecule has 4 N–H and O–H groups in total. The van der Waals surface area contributed by atoms with Gasteiger partial charge in [0.2, 0.25) is 0 Å². The zero-order chi connectivity index (χ0) is 14.5. The van der Waals surface area contributed by atoms with Crippen LogP contribution in [0.15, 0.2) is 0 Å². The highest BCUT2D eigenvalue weighted by Gasteiger charge is 2.36. The van der Waals surface area contributed by atoms with Gasteiger partial charge in [0.1, 0.15) is 12.2 Å². The average Bonchev–Trinajstić information content (AvgIpc) is 2.35. The third-order valence-electron chi connectivity index (χ3n) is 3.03. The van der Waals surface area contributed by atoms with Gasteiger partial charge in [0.25, 0.3) is 0 Å². The minimum atomic E-state index is -1.34. The molecule has 5 nitrogen and oxygen atoms in total. The molecule has 110 valence electrons. The summed E-state index contributed by atoms with van der Waals surface area (Å²) in [6, 6.07) is 0.0965. The number of hydrogen-bond acceptors (Lipinski definition) is 5. The van der Waals surface area contributed by atoms with Gasteiger partial charge in [-0.15, -0.1) is 0 Å². The van der Waals surface area contributed by atoms with Crippen LogP contribution < -0.4 is 0 Å². The van der Waals surface area contributed by atoms with Crippen LogP contribution in [0.5, 0.6) is 0 Å². The lowest BCUT2D eigenvalue weighted by Gasteiger charge is -2.35. The van der Waals surface area contributed by atoms with Crippen molar-refractivity contribution in [2.45, 2.75) is 47.7 Å². The molecule has 0 saturated heterocycles. The van der Waals surface area contributed by atoms with E-state index in [0.29, 0.717) is 4.43 Å². The van der Waals surface area contributed by atoms with E-state index >= 15 is 0 Å². The first-order chi connectivity index (χ1) is 8.27. The zero-order valence-electron chi connectivity index (χ0n) is 10.9. The molecule has 18 heavy (non-hydrogen) atoms. The van der Waals surface area contributed by atoms with Crippen LogP contribution >= 0.6 is 45.2 Å². The lowest BCUT2D eigenvalue weighted by molar-refractivity contribution is -0.100. The number of nitrogens with zero attached hydrogens (tertiary/aromatic N) is 1. The standard InChI is InChI=1S/C11H23I2NO4/c1-4-6(14(2)3)8(13)10(17)11(18)9(16)7(15)5-12/h6-11,15-18H,4-5H2,1-3H3. The molecule has 0 bridgehead atoms. The zero-order valence-corrected chi connectivity index (χ0v) is 15.2. The van der Waals surface area contributed by atoms with Crippen LogP contribution in [0.25, 0.3) is 0 Å². The van der Waals surface area contributed by atoms with E-state index in [1.165, 1.54) is 0 Å². The second kappa shape index (κ2) is 9.24. The van der Waals surface area contributed by atoms with Crippen molar-refractivity contribution in [3.63, 3.8) is 0 Å². The van der Waals surface area contributed by atoms with E-state index < -0.39 is 24.4 Å². The lowest BCUT2D eigenvalue weighted by atomic mass is 9.97. The number of aliphatic hydroxyl groups excluding tert-OH is 4. The summed E-state index contributed by atoms with van der Waals surface area (Å²) >= 11 is 4.00. The van der Waals surface area contributed by atoms with Gasteiger partial charge in [-0.3, -0.25) is 0 Å². The highest BCUT2D eigenvalue weighted by atomic mass is 127. The van der Waals surface area contributed by atoms with Gasteiger partial charge in [0.05, 0.1) is 16.1 Å². The summed E-state index contributed by atoms with van der Waals surface area (Å²) in [5, 5.41) is 39.2. The van der Waals surface area contributed by atoms with Gasteiger partial charge in [0.15, 0.2) is 0 Å². The quantitative estimate of drug-likeness (QED) is 0.287. The van der Waals surface area contributed by atoms with E-state index in [4.69, 9.17) is 0 Å². The molecule has 7 heteroatoms. The molecular weight excluding hydrogens is 464 g/mol. The number of alkyl halides is 2. The number of rotatable bonds is 8. The monoisotopic (exact) mass is 487 g/mol. The molecular formula is C11H23I2NO4. The van der Waals surface area contributed by atoms with Crippen molar-refractivity contribution < 1.29 is 20.4 Å². The van der Waals surface area contributed by atoms with E-state index in [-0.39, 0.29) is 9.97 Å². The number of hydrogen-bond donors (Lipinski definition) is 4. The van der Waals surface area contributed by atoms with Crippen LogP contribution in [0.3, 0.4) is 0 Å². The van der Waals surface area contributed by atoms with Gasteiger partial charge in [0, 0.05) is 10.5 Å². The molecule has 0 amide bonds. The van der Waals surface area contributed by atoms with Crippen LogP contribution in [0.1, 0.15) is 13.3 Å². The van der Waals surface area contributed by atoms with Gasteiger partial charge in [-0.1, -0.05) is 52.1 Å². The Balaban J connectivity index is 4.66. The van der Waals surface area contributed by atoms with Crippen molar-refractivity contribution in [3.05, 3.63) is 0 Å². The minimum absolute atomic E-state index is 0.0965. The fraction of sp³-hybridized carbons (Fsp3) is 1.00. The molecule has 0 aromatic heterocycles. The number of halogens is 2. The van der Waals surface area contributed by atoms with Gasteiger partial charge in [-0.2, -0.15) is 0 Å². The molecule has 0 rings (SSSR count). The topological polar surface area (TPSA) is 84.2 Å². The van der Waals surface area contributed by atoms with E-state index in [9.17, 15) is 20.4 Å². The molecule has 0 spiro atoms. The fourth-order valence-electron chi connectivity index (χ4n) is 1.81. The Morgan fingerprint density at radius 3 is 1.83 bits per heavy atom. The Bertz CT molecular complexity index is 233. The molecule has 0 aromatic rings. The minimum Gasteiger partial charge on any atom is -0.390 e. The highest BCUT2D eigenvalue weighted by Crippen LogP contribution is 2.22. The molecule has 0 radical (unpaired) electrons. The molecule has 6 atom stereocenters. The first-order valence-corrected chi connectivity index (χ1v) is 8.63. The largest absolute Gasteiger partial charge is 0.390 e. The van der Waals surface area contributed by atoms with Crippen molar-refractivity contribution in [2.75, 3.05) is 18.5 Å². The average molecular weight is 487 g/mol. The van der Waals surface area contributed by atoms with Crippen LogP contribution in [0.4, 0.5) is 0 Å². The molecule has 0 heterocycles. The van der Waals surface area contributed by atoms with E-state index in [2.05, 4.69) is 22.6 Å². The van der Waals surface area contributed by atoms with Crippen LogP contribution in [0.2, 0.25) is 0 Å². The molecule has 0 aliphatic rings. The summed E-state index contributed by atoms with van der Waals surface area (Å²) in [6.07, 6.45) is -3.95. The fourth-order valence-corrected chi connectivity index (χ4v) is 3.91. The van der Waals surface area contributed by atoms with Crippen LogP contribution in [0, 0.1) is 0 Å². The van der Waals surface area contributed by atoms with Gasteiger partial charge in [-0.25, -0.2) is 0 Å². The maximum Gasteiger partial charge on any atom is 0.109 e. The molecule has 0 aliphatic heterocycles. The van der Waals surface area contributed by atoms with Gasteiger partial charge in [-0.05, 0) is 20.5 Å². The third kappa shape index (κ3) is 5.33. The molecule has 6 unspecified atom stereocenters. The van der Waals surface area contributed by atoms with Crippen molar-refractivity contribution in [1.29, 1.82) is 0 Å². The molecule has 0 aromatic carbocycles. The van der Waals surface area contributed by atoms with Crippen LogP contribution in [-0.4, -0.2) is 78.2 Å². The Labute approximate surface area is 136 Å². The summed E-state index contributed by atoms with van der Waals surface area (Å²) in [7, 11) is 3.82. The van der Waals surface area contributed by atoms with Gasteiger partial charge < -0.3 is 25.3 Å². The molecule has 0 aliphatic carbocycles. The first kappa shape index (κ1) is 19.3. The van der Waals surface area contributed by atoms with E-state index in [1.54, 1.807) is 0 Å². The summed E-state index contributed by atoms with van der Waals surface area (Å²) in [5.74, 6) is 0. The Morgan fingerprint density at radius 2 is 1.50 bits per heavy atom. The highest BCUT2D eigenvalue weighted by molar-refractivity contribution is 14.1. The summed E-state index contributed by atoms with van der Waals surface area (Å²) < 4.78 is 0.0770. The Hall–Kier alpha value is 1.26. The summed E-state index contributed by atoms with van der Waals surface area (Å²) in [5.41, 5.74) is 0. The SMILES string of the molecule is CCC(C(I)C(O)C(O)C(O)C(O)CI)N(C)C. The smallest absolute Gasteiger partial charge is 0.109 e. The Morgan fingerprint density at radius 1 is 1.00 bits per heavy atom. The van der Waals surface area contributed by atoms with Crippen molar-refractivity contribution >= 4 is 45.2 Å². The van der Waals surface area contributed by atoms with Crippen molar-refractivity contribution in [2.24, 2.45) is 0 Å². The predicted molar refractivity (Wildman–Crippen MR) is 88.5 cm³/mol. The summed E-state index contributed by atoms with van der Waals surface area (Å²) in [6.45, 7) is 2.01. The molecule has 0 saturated carbocycles. The third-order valence-corrected chi connectivity index (χ3v) is 5.50. The first-order valence-electron chi connectivity index (χ1n) is 5.86. The predicted octanol–water partition coefficient (Wildman–Crippen LogP) is 0.00880. The Kier molecular flexibility index (Phi) is 9.89. The number of aliphatic hydroxyl groups is 4. The van der Waals surface area contributed by atoms with E-state index in [0.717, 1.165) is 6.42 Å². The normalized spacial score (nSPS) is 22.3. The maximum atomic E-state index is 10.1. The maximum absolute atomic E-state index is 10.1. The van der Waals surface area contributed by atoms with Crippen LogP contribution in [-0.2, 0) is 0 Å². The summed E-state index contributed by atoms with van der Waals surface area (Å²) in [4.78, 5) is 1.98. The van der Waals surface area contributed by atoms with E-state index in [1.807, 2.05) is 48.5 Å². The van der Waals surface area contributed by atoms with Crippen molar-refractivity contribution in [3.8, 4) is 0 Å². The van der Waals surface area contributed by atoms with Crippen molar-refractivity contribution in [1.82, 2.24) is 4.90 Å². The second-order valence-electron chi connectivity index (χ2n) is 4.58. The molecule has 0 fully saturated rings. The lowest BCUT2D eigenvalue weighted by Crippen LogP contribution is -2.52. The van der Waals surface area contributed by atoms with Gasteiger partial charge >= 0.3 is 0 Å².